The molecule has 0 aliphatic rings. The minimum absolute atomic E-state index is 0.108. The van der Waals surface area contributed by atoms with Crippen molar-refractivity contribution in [1.82, 2.24) is 15.5 Å². The second-order valence-electron chi connectivity index (χ2n) is 5.92. The van der Waals surface area contributed by atoms with E-state index >= 15 is 0 Å². The van der Waals surface area contributed by atoms with E-state index in [0.29, 0.717) is 6.54 Å². The van der Waals surface area contributed by atoms with Crippen LogP contribution in [0.5, 0.6) is 0 Å². The van der Waals surface area contributed by atoms with E-state index in [1.807, 2.05) is 20.8 Å². The number of nitrogens with one attached hydrogen (secondary N) is 1. The molecule has 0 bridgehead atoms. The summed E-state index contributed by atoms with van der Waals surface area (Å²) in [5.74, 6) is 0.266. The Labute approximate surface area is 116 Å². The summed E-state index contributed by atoms with van der Waals surface area (Å²) in [7, 11) is 0. The summed E-state index contributed by atoms with van der Waals surface area (Å²) in [4.78, 5) is 1.04. The zero-order valence-corrected chi connectivity index (χ0v) is 12.4. The summed E-state index contributed by atoms with van der Waals surface area (Å²) >= 11 is 0. The molecule has 1 rings (SSSR count). The predicted molar refractivity (Wildman–Crippen MR) is 69.4 cm³/mol. The van der Waals surface area contributed by atoms with Gasteiger partial charge < -0.3 is 14.6 Å². The summed E-state index contributed by atoms with van der Waals surface area (Å²) in [6.45, 7) is 8.39. The fourth-order valence-corrected chi connectivity index (χ4v) is 1.44. The molecule has 0 fully saturated rings. The summed E-state index contributed by atoms with van der Waals surface area (Å²) in [5.41, 5.74) is -0.141. The van der Waals surface area contributed by atoms with Gasteiger partial charge >= 0.3 is 12.2 Å². The van der Waals surface area contributed by atoms with Gasteiger partial charge in [0, 0.05) is 11.6 Å². The van der Waals surface area contributed by atoms with Crippen LogP contribution in [0.4, 0.5) is 19.2 Å². The van der Waals surface area contributed by atoms with Gasteiger partial charge in [0.2, 0.25) is 5.89 Å². The molecule has 0 amide bonds. The molecule has 20 heavy (non-hydrogen) atoms. The molecule has 0 aromatic carbocycles. The summed E-state index contributed by atoms with van der Waals surface area (Å²) < 4.78 is 42.8. The molecule has 0 atom stereocenters. The summed E-state index contributed by atoms with van der Waals surface area (Å²) in [6.07, 6.45) is -4.32. The van der Waals surface area contributed by atoms with Gasteiger partial charge in [0.25, 0.3) is 0 Å². The minimum Gasteiger partial charge on any atom is -0.407 e. The first-order chi connectivity index (χ1) is 8.98. The predicted octanol–water partition coefficient (Wildman–Crippen LogP) is 2.73. The number of aromatic nitrogens is 2. The lowest BCUT2D eigenvalue weighted by atomic mass is 10.1. The van der Waals surface area contributed by atoms with Crippen molar-refractivity contribution in [1.29, 1.82) is 0 Å². The molecule has 1 heterocycles. The van der Waals surface area contributed by atoms with E-state index in [-0.39, 0.29) is 23.5 Å². The van der Waals surface area contributed by atoms with Crippen molar-refractivity contribution in [3.8, 4) is 0 Å². The number of anilines is 1. The van der Waals surface area contributed by atoms with Crippen molar-refractivity contribution >= 4 is 6.01 Å². The van der Waals surface area contributed by atoms with Gasteiger partial charge in [0.15, 0.2) is 0 Å². The van der Waals surface area contributed by atoms with Crippen LogP contribution in [-0.2, 0) is 6.54 Å². The first kappa shape index (κ1) is 16.7. The van der Waals surface area contributed by atoms with Crippen molar-refractivity contribution in [2.24, 2.45) is 0 Å². The molecule has 5 nitrogen and oxygen atoms in total. The molecular weight excluding hydrogens is 273 g/mol. The van der Waals surface area contributed by atoms with Crippen molar-refractivity contribution < 1.29 is 17.6 Å². The second-order valence-corrected chi connectivity index (χ2v) is 5.92. The van der Waals surface area contributed by atoms with Crippen LogP contribution in [-0.4, -0.2) is 34.5 Å². The quantitative estimate of drug-likeness (QED) is 0.905. The number of hydrogen-bond acceptors (Lipinski definition) is 5. The SMILES string of the molecule is CC(C)N(CC(F)(F)F)c1nnc(CNC(C)(C)C)o1. The Hall–Kier alpha value is -1.31. The first-order valence-electron chi connectivity index (χ1n) is 6.39. The van der Waals surface area contributed by atoms with Crippen molar-refractivity contribution in [2.45, 2.75) is 58.9 Å². The van der Waals surface area contributed by atoms with Crippen molar-refractivity contribution in [3.05, 3.63) is 5.89 Å². The molecule has 0 unspecified atom stereocenters. The minimum atomic E-state index is -4.32. The molecule has 0 saturated heterocycles. The number of rotatable bonds is 5. The zero-order chi connectivity index (χ0) is 15.6. The number of nitrogens with zero attached hydrogens (tertiary/aromatic N) is 3. The van der Waals surface area contributed by atoms with Gasteiger partial charge in [0.05, 0.1) is 6.54 Å². The largest absolute Gasteiger partial charge is 0.407 e. The van der Waals surface area contributed by atoms with Gasteiger partial charge in [-0.1, -0.05) is 5.10 Å². The molecule has 0 spiro atoms. The van der Waals surface area contributed by atoms with Crippen LogP contribution < -0.4 is 10.2 Å². The smallest absolute Gasteiger partial charge is 0.406 e. The molecule has 1 N–H and O–H groups in total. The van der Waals surface area contributed by atoms with Crippen LogP contribution in [0.3, 0.4) is 0 Å². The van der Waals surface area contributed by atoms with E-state index in [9.17, 15) is 13.2 Å². The lowest BCUT2D eigenvalue weighted by molar-refractivity contribution is -0.121. The molecule has 116 valence electrons. The molecule has 0 aliphatic carbocycles. The third kappa shape index (κ3) is 5.77. The molecule has 0 radical (unpaired) electrons. The van der Waals surface area contributed by atoms with Gasteiger partial charge in [-0.3, -0.25) is 0 Å². The number of hydrogen-bond donors (Lipinski definition) is 1. The molecule has 1 aromatic heterocycles. The van der Waals surface area contributed by atoms with Gasteiger partial charge in [-0.05, 0) is 34.6 Å². The monoisotopic (exact) mass is 294 g/mol. The Morgan fingerprint density at radius 2 is 1.80 bits per heavy atom. The zero-order valence-electron chi connectivity index (χ0n) is 12.4. The molecule has 0 aliphatic heterocycles. The average molecular weight is 294 g/mol. The standard InChI is InChI=1S/C12H21F3N4O/c1-8(2)19(7-12(13,14)15)10-18-17-9(20-10)6-16-11(3,4)5/h8,16H,6-7H2,1-5H3. The van der Waals surface area contributed by atoms with E-state index in [0.717, 1.165) is 4.90 Å². The Kier molecular flexibility index (Phi) is 5.01. The lowest BCUT2D eigenvalue weighted by Gasteiger charge is -2.25. The molecule has 0 saturated carbocycles. The molecular formula is C12H21F3N4O. The molecule has 8 heteroatoms. The van der Waals surface area contributed by atoms with Crippen LogP contribution in [0.25, 0.3) is 0 Å². The number of alkyl halides is 3. The Morgan fingerprint density at radius 3 is 2.25 bits per heavy atom. The highest BCUT2D eigenvalue weighted by Crippen LogP contribution is 2.23. The fourth-order valence-electron chi connectivity index (χ4n) is 1.44. The number of halogens is 3. The van der Waals surface area contributed by atoms with E-state index in [1.165, 1.54) is 0 Å². The lowest BCUT2D eigenvalue weighted by Crippen LogP contribution is -2.39. The van der Waals surface area contributed by atoms with Crippen LogP contribution in [0, 0.1) is 0 Å². The maximum atomic E-state index is 12.5. The average Bonchev–Trinajstić information content (AvgIpc) is 2.69. The van der Waals surface area contributed by atoms with E-state index < -0.39 is 12.7 Å². The highest BCUT2D eigenvalue weighted by Gasteiger charge is 2.34. The molecule has 1 aromatic rings. The third-order valence-corrected chi connectivity index (χ3v) is 2.44. The van der Waals surface area contributed by atoms with Gasteiger partial charge in [-0.15, -0.1) is 5.10 Å². The Bertz CT molecular complexity index is 423. The normalized spacial score (nSPS) is 13.1. The van der Waals surface area contributed by atoms with E-state index in [4.69, 9.17) is 4.42 Å². The van der Waals surface area contributed by atoms with Gasteiger partial charge in [-0.25, -0.2) is 0 Å². The van der Waals surface area contributed by atoms with E-state index in [1.54, 1.807) is 13.8 Å². The third-order valence-electron chi connectivity index (χ3n) is 2.44. The Balaban J connectivity index is 2.76. The highest BCUT2D eigenvalue weighted by molar-refractivity contribution is 5.26. The van der Waals surface area contributed by atoms with Gasteiger partial charge in [-0.2, -0.15) is 13.2 Å². The first-order valence-corrected chi connectivity index (χ1v) is 6.39. The van der Waals surface area contributed by atoms with Crippen LogP contribution in [0.1, 0.15) is 40.5 Å². The van der Waals surface area contributed by atoms with Crippen molar-refractivity contribution in [3.63, 3.8) is 0 Å². The maximum absolute atomic E-state index is 12.5. The van der Waals surface area contributed by atoms with Crippen LogP contribution >= 0.6 is 0 Å². The second kappa shape index (κ2) is 5.99. The highest BCUT2D eigenvalue weighted by atomic mass is 19.4. The fraction of sp³-hybridized carbons (Fsp3) is 0.833. The van der Waals surface area contributed by atoms with Crippen LogP contribution in [0.2, 0.25) is 0 Å². The Morgan fingerprint density at radius 1 is 1.20 bits per heavy atom. The van der Waals surface area contributed by atoms with Crippen molar-refractivity contribution in [2.75, 3.05) is 11.4 Å². The van der Waals surface area contributed by atoms with Gasteiger partial charge in [0.1, 0.15) is 6.54 Å². The summed E-state index contributed by atoms with van der Waals surface area (Å²) in [6, 6.07) is -0.497. The topological polar surface area (TPSA) is 54.2 Å². The van der Waals surface area contributed by atoms with E-state index in [2.05, 4.69) is 15.5 Å². The summed E-state index contributed by atoms with van der Waals surface area (Å²) in [5, 5.41) is 10.6. The van der Waals surface area contributed by atoms with Crippen LogP contribution in [0.15, 0.2) is 4.42 Å². The maximum Gasteiger partial charge on any atom is 0.406 e.